The Morgan fingerprint density at radius 3 is 1.50 bits per heavy atom. The normalized spacial score (nSPS) is 14.1. The Bertz CT molecular complexity index is 557. The first-order valence-corrected chi connectivity index (χ1v) is 6.35. The summed E-state index contributed by atoms with van der Waals surface area (Å²) in [5, 5.41) is 19.0. The molecule has 1 heterocycles. The maximum atomic E-state index is 9.52. The van der Waals surface area contributed by atoms with Crippen molar-refractivity contribution in [2.75, 3.05) is 14.2 Å². The van der Waals surface area contributed by atoms with Gasteiger partial charge >= 0.3 is 0 Å². The third kappa shape index (κ3) is 2.70. The monoisotopic (exact) mass is 296 g/mol. The van der Waals surface area contributed by atoms with Gasteiger partial charge in [-0.15, -0.1) is 22.7 Å². The molecule has 1 aromatic rings. The lowest BCUT2D eigenvalue weighted by Crippen LogP contribution is -2.26. The largest absolute Gasteiger partial charge is 0.480 e. The molecule has 1 rings (SSSR count). The number of rotatable bonds is 2. The second-order valence-corrected chi connectivity index (χ2v) is 5.83. The summed E-state index contributed by atoms with van der Waals surface area (Å²) in [5.41, 5.74) is 0. The van der Waals surface area contributed by atoms with E-state index >= 15 is 0 Å². The van der Waals surface area contributed by atoms with Gasteiger partial charge in [0.05, 0.1) is 14.2 Å². The molecule has 8 heteroatoms. The highest BCUT2D eigenvalue weighted by Gasteiger charge is 2.04. The summed E-state index contributed by atoms with van der Waals surface area (Å²) in [4.78, 5) is 0. The van der Waals surface area contributed by atoms with Gasteiger partial charge in [-0.25, -0.2) is 0 Å². The smallest absolute Gasteiger partial charge is 0.296 e. The first-order chi connectivity index (χ1) is 7.51. The average molecular weight is 296 g/mol. The van der Waals surface area contributed by atoms with E-state index in [-0.39, 0.29) is 11.9 Å². The molecule has 0 amide bonds. The molecule has 1 aromatic heterocycles. The van der Waals surface area contributed by atoms with E-state index in [9.17, 15) is 10.2 Å². The van der Waals surface area contributed by atoms with Crippen molar-refractivity contribution in [3.8, 4) is 0 Å². The summed E-state index contributed by atoms with van der Waals surface area (Å²) in [5.74, 6) is -0.665. The zero-order chi connectivity index (χ0) is 12.3. The van der Waals surface area contributed by atoms with E-state index in [0.29, 0.717) is 16.7 Å². The maximum absolute atomic E-state index is 9.52. The fourth-order valence-electron chi connectivity index (χ4n) is 0.828. The lowest BCUT2D eigenvalue weighted by atomic mass is 10.6. The minimum absolute atomic E-state index is 0.297. The molecule has 0 saturated heterocycles. The first kappa shape index (κ1) is 13.4. The van der Waals surface area contributed by atoms with Crippen LogP contribution in [0, 0.1) is 7.65 Å². The van der Waals surface area contributed by atoms with Crippen LogP contribution in [0.3, 0.4) is 0 Å². The average Bonchev–Trinajstić information content (AvgIpc) is 2.30. The van der Waals surface area contributed by atoms with Gasteiger partial charge in [0.25, 0.3) is 11.9 Å². The molecule has 0 unspecified atom stereocenters. The standard InChI is InChI=1S/C8H8O4S4/c1-11-5(9)3-4(6(10)12-2)16-8(14)7(13)15-3/h9-10H,1-2H3. The minimum atomic E-state index is -0.332. The highest BCUT2D eigenvalue weighted by Crippen LogP contribution is 2.03. The van der Waals surface area contributed by atoms with Crippen molar-refractivity contribution in [1.82, 2.24) is 0 Å². The second kappa shape index (κ2) is 5.58. The molecule has 0 aromatic carbocycles. The molecule has 0 aliphatic rings. The third-order valence-corrected chi connectivity index (χ3v) is 5.04. The Kier molecular flexibility index (Phi) is 4.66. The van der Waals surface area contributed by atoms with Gasteiger partial charge in [0.15, 0.2) is 0 Å². The van der Waals surface area contributed by atoms with Crippen molar-refractivity contribution >= 4 is 59.0 Å². The van der Waals surface area contributed by atoms with E-state index in [4.69, 9.17) is 33.9 Å². The van der Waals surface area contributed by atoms with Crippen molar-refractivity contribution < 1.29 is 19.7 Å². The van der Waals surface area contributed by atoms with E-state index in [1.165, 1.54) is 14.2 Å². The van der Waals surface area contributed by atoms with Crippen LogP contribution < -0.4 is 9.06 Å². The molecule has 88 valence electrons. The summed E-state index contributed by atoms with van der Waals surface area (Å²) in [6.07, 6.45) is 0. The Hall–Kier alpha value is -0.700. The van der Waals surface area contributed by atoms with Gasteiger partial charge in [-0.3, -0.25) is 0 Å². The zero-order valence-corrected chi connectivity index (χ0v) is 11.6. The summed E-state index contributed by atoms with van der Waals surface area (Å²) in [6.45, 7) is 0. The molecule has 0 saturated carbocycles. The van der Waals surface area contributed by atoms with E-state index < -0.39 is 0 Å². The van der Waals surface area contributed by atoms with Crippen LogP contribution in [0.15, 0.2) is 0 Å². The summed E-state index contributed by atoms with van der Waals surface area (Å²) in [6, 6.07) is 0. The van der Waals surface area contributed by atoms with Crippen molar-refractivity contribution in [2.45, 2.75) is 0 Å². The molecular formula is C8H8O4S4. The zero-order valence-electron chi connectivity index (χ0n) is 8.34. The summed E-state index contributed by atoms with van der Waals surface area (Å²) >= 11 is 12.1. The molecule has 2 N–H and O–H groups in total. The summed E-state index contributed by atoms with van der Waals surface area (Å²) in [7, 11) is 2.62. The Balaban J connectivity index is 3.96. The van der Waals surface area contributed by atoms with Gasteiger partial charge in [-0.05, 0) is 0 Å². The molecule has 0 radical (unpaired) electrons. The van der Waals surface area contributed by atoms with Crippen LogP contribution in [0.4, 0.5) is 0 Å². The van der Waals surface area contributed by atoms with E-state index in [1.807, 2.05) is 0 Å². The van der Waals surface area contributed by atoms with Gasteiger partial charge in [-0.2, -0.15) is 0 Å². The lowest BCUT2D eigenvalue weighted by molar-refractivity contribution is 0.226. The molecule has 0 spiro atoms. The summed E-state index contributed by atoms with van der Waals surface area (Å²) < 4.78 is 10.9. The topological polar surface area (TPSA) is 58.9 Å². The minimum Gasteiger partial charge on any atom is -0.480 e. The predicted octanol–water partition coefficient (Wildman–Crippen LogP) is 1.81. The van der Waals surface area contributed by atoms with Gasteiger partial charge in [0.2, 0.25) is 0 Å². The van der Waals surface area contributed by atoms with Crippen LogP contribution in [0.1, 0.15) is 0 Å². The number of ether oxygens (including phenoxy) is 2. The quantitative estimate of drug-likeness (QED) is 0.812. The van der Waals surface area contributed by atoms with Crippen LogP contribution >= 0.6 is 47.1 Å². The Morgan fingerprint density at radius 1 is 0.938 bits per heavy atom. The van der Waals surface area contributed by atoms with Gasteiger partial charge < -0.3 is 19.7 Å². The predicted molar refractivity (Wildman–Crippen MR) is 69.2 cm³/mol. The first-order valence-electron chi connectivity index (χ1n) is 3.90. The van der Waals surface area contributed by atoms with E-state index in [1.54, 1.807) is 0 Å². The molecule has 16 heavy (non-hydrogen) atoms. The van der Waals surface area contributed by atoms with E-state index in [0.717, 1.165) is 22.7 Å². The lowest BCUT2D eigenvalue weighted by Gasteiger charge is -1.99. The molecule has 0 aliphatic heterocycles. The van der Waals surface area contributed by atoms with Crippen molar-refractivity contribution in [3.63, 3.8) is 0 Å². The van der Waals surface area contributed by atoms with Gasteiger partial charge in [0, 0.05) is 0 Å². The van der Waals surface area contributed by atoms with Crippen molar-refractivity contribution in [2.24, 2.45) is 0 Å². The fourth-order valence-corrected chi connectivity index (χ4v) is 3.32. The van der Waals surface area contributed by atoms with Crippen molar-refractivity contribution in [1.29, 1.82) is 0 Å². The Morgan fingerprint density at radius 2 is 1.25 bits per heavy atom. The Labute approximate surface area is 109 Å². The molecule has 0 aliphatic carbocycles. The molecular weight excluding hydrogens is 288 g/mol. The molecule has 0 bridgehead atoms. The number of aliphatic hydroxyl groups is 2. The highest BCUT2D eigenvalue weighted by atomic mass is 32.2. The van der Waals surface area contributed by atoms with Crippen LogP contribution in [0.5, 0.6) is 0 Å². The van der Waals surface area contributed by atoms with E-state index in [2.05, 4.69) is 0 Å². The van der Waals surface area contributed by atoms with Crippen LogP contribution in [0.2, 0.25) is 0 Å². The number of hydrogen-bond donors (Lipinski definition) is 2. The van der Waals surface area contributed by atoms with Crippen molar-refractivity contribution in [3.05, 3.63) is 16.7 Å². The van der Waals surface area contributed by atoms with Gasteiger partial charge in [0.1, 0.15) is 16.7 Å². The number of hydrogen-bond acceptors (Lipinski definition) is 8. The molecule has 4 nitrogen and oxygen atoms in total. The maximum Gasteiger partial charge on any atom is 0.296 e. The highest BCUT2D eigenvalue weighted by molar-refractivity contribution is 7.76. The SMILES string of the molecule is COC(O)=c1sc(=S)c(=S)sc1=C(O)OC. The number of methoxy groups -OCH3 is 2. The third-order valence-electron chi connectivity index (χ3n) is 1.54. The second-order valence-electron chi connectivity index (χ2n) is 2.46. The molecule has 0 fully saturated rings. The van der Waals surface area contributed by atoms with Crippen LogP contribution in [0.25, 0.3) is 11.9 Å². The number of aliphatic hydroxyl groups excluding tert-OH is 2. The van der Waals surface area contributed by atoms with Crippen LogP contribution in [-0.2, 0) is 9.47 Å². The van der Waals surface area contributed by atoms with Gasteiger partial charge in [-0.1, -0.05) is 24.4 Å². The van der Waals surface area contributed by atoms with Crippen LogP contribution in [-0.4, -0.2) is 24.4 Å². The molecule has 0 atom stereocenters. The fraction of sp³-hybridized carbons (Fsp3) is 0.250.